The highest BCUT2D eigenvalue weighted by atomic mass is 79.9. The van der Waals surface area contributed by atoms with Crippen LogP contribution in [0, 0.1) is 0 Å². The highest BCUT2D eigenvalue weighted by Gasteiger charge is 2.17. The van der Waals surface area contributed by atoms with Crippen molar-refractivity contribution in [2.24, 2.45) is 0 Å². The van der Waals surface area contributed by atoms with Crippen molar-refractivity contribution >= 4 is 37.4 Å². The Morgan fingerprint density at radius 2 is 2.06 bits per heavy atom. The third kappa shape index (κ3) is 2.49. The van der Waals surface area contributed by atoms with Crippen molar-refractivity contribution in [3.63, 3.8) is 0 Å². The molecule has 0 saturated carbocycles. The molecule has 1 heterocycles. The second-order valence-electron chi connectivity index (χ2n) is 4.28. The Balaban J connectivity index is 2.26. The summed E-state index contributed by atoms with van der Waals surface area (Å²) in [5, 5.41) is 1.38. The van der Waals surface area contributed by atoms with Crippen molar-refractivity contribution < 1.29 is 0 Å². The molecule has 0 fully saturated rings. The number of fused-ring (bicyclic) bond motifs is 1. The molecule has 2 rings (SSSR count). The molecule has 2 aromatic rings. The van der Waals surface area contributed by atoms with E-state index in [0.717, 1.165) is 0 Å². The summed E-state index contributed by atoms with van der Waals surface area (Å²) in [4.78, 5) is 2.10. The van der Waals surface area contributed by atoms with Gasteiger partial charge in [0.15, 0.2) is 0 Å². The van der Waals surface area contributed by atoms with Crippen LogP contribution in [0.1, 0.15) is 37.5 Å². The largest absolute Gasteiger partial charge is 0.140 e. The van der Waals surface area contributed by atoms with Gasteiger partial charge in [0.2, 0.25) is 0 Å². The molecular weight excluding hydrogens is 280 g/mol. The molecule has 1 aromatic heterocycles. The summed E-state index contributed by atoms with van der Waals surface area (Å²) in [6.07, 6.45) is 2.49. The van der Waals surface area contributed by atoms with E-state index in [1.807, 2.05) is 11.3 Å². The SMILES string of the molecule is CCCC(Br)C(C)c1cc2ccccc2s1. The minimum atomic E-state index is 0.602. The normalized spacial score (nSPS) is 15.2. The van der Waals surface area contributed by atoms with Crippen LogP contribution >= 0.6 is 27.3 Å². The quantitative estimate of drug-likeness (QED) is 0.647. The molecule has 86 valence electrons. The summed E-state index contributed by atoms with van der Waals surface area (Å²) in [5.74, 6) is 0.609. The van der Waals surface area contributed by atoms with Crippen LogP contribution in [0.15, 0.2) is 30.3 Å². The molecule has 0 amide bonds. The maximum atomic E-state index is 3.80. The fourth-order valence-electron chi connectivity index (χ4n) is 1.93. The average Bonchev–Trinajstić information content (AvgIpc) is 2.71. The molecule has 2 heteroatoms. The Kier molecular flexibility index (Phi) is 4.04. The lowest BCUT2D eigenvalue weighted by molar-refractivity contribution is 0.659. The standard InChI is InChI=1S/C14H17BrS/c1-3-6-12(15)10(2)14-9-11-7-4-5-8-13(11)16-14/h4-5,7-10,12H,3,6H2,1-2H3. The van der Waals surface area contributed by atoms with E-state index in [4.69, 9.17) is 0 Å². The predicted molar refractivity (Wildman–Crippen MR) is 77.9 cm³/mol. The van der Waals surface area contributed by atoms with Gasteiger partial charge in [0.05, 0.1) is 0 Å². The van der Waals surface area contributed by atoms with Gasteiger partial charge >= 0.3 is 0 Å². The van der Waals surface area contributed by atoms with Crippen molar-refractivity contribution in [2.75, 3.05) is 0 Å². The zero-order valence-corrected chi connectivity index (χ0v) is 12.1. The first-order valence-electron chi connectivity index (χ1n) is 5.85. The summed E-state index contributed by atoms with van der Waals surface area (Å²) >= 11 is 5.73. The first kappa shape index (κ1) is 12.1. The van der Waals surface area contributed by atoms with Crippen LogP contribution < -0.4 is 0 Å². The lowest BCUT2D eigenvalue weighted by Gasteiger charge is -2.15. The molecule has 0 bridgehead atoms. The number of hydrogen-bond donors (Lipinski definition) is 0. The molecule has 16 heavy (non-hydrogen) atoms. The third-order valence-electron chi connectivity index (χ3n) is 3.00. The minimum Gasteiger partial charge on any atom is -0.140 e. The zero-order valence-electron chi connectivity index (χ0n) is 9.74. The highest BCUT2D eigenvalue weighted by molar-refractivity contribution is 9.09. The van der Waals surface area contributed by atoms with Crippen LogP contribution in [-0.2, 0) is 0 Å². The van der Waals surface area contributed by atoms with Crippen molar-refractivity contribution in [2.45, 2.75) is 37.4 Å². The van der Waals surface area contributed by atoms with Crippen LogP contribution in [0.4, 0.5) is 0 Å². The molecule has 0 aliphatic rings. The molecule has 2 unspecified atom stereocenters. The van der Waals surface area contributed by atoms with Crippen LogP contribution in [0.5, 0.6) is 0 Å². The molecule has 0 saturated heterocycles. The second kappa shape index (κ2) is 5.33. The van der Waals surface area contributed by atoms with E-state index in [1.165, 1.54) is 27.8 Å². The Hall–Kier alpha value is -0.340. The molecule has 0 radical (unpaired) electrons. The Labute approximate surface area is 110 Å². The topological polar surface area (TPSA) is 0 Å². The summed E-state index contributed by atoms with van der Waals surface area (Å²) in [5.41, 5.74) is 0. The van der Waals surface area contributed by atoms with E-state index in [2.05, 4.69) is 60.1 Å². The van der Waals surface area contributed by atoms with Gasteiger partial charge in [0.25, 0.3) is 0 Å². The molecule has 0 aliphatic carbocycles. The van der Waals surface area contributed by atoms with Gasteiger partial charge in [0, 0.05) is 20.3 Å². The maximum absolute atomic E-state index is 3.80. The van der Waals surface area contributed by atoms with Crippen molar-refractivity contribution in [3.05, 3.63) is 35.2 Å². The Morgan fingerprint density at radius 3 is 2.75 bits per heavy atom. The van der Waals surface area contributed by atoms with Gasteiger partial charge in [-0.3, -0.25) is 0 Å². The number of halogens is 1. The number of thiophene rings is 1. The van der Waals surface area contributed by atoms with Gasteiger partial charge in [-0.25, -0.2) is 0 Å². The van der Waals surface area contributed by atoms with Crippen molar-refractivity contribution in [1.82, 2.24) is 0 Å². The fraction of sp³-hybridized carbons (Fsp3) is 0.429. The fourth-order valence-corrected chi connectivity index (χ4v) is 4.03. The van der Waals surface area contributed by atoms with Crippen LogP contribution in [0.2, 0.25) is 0 Å². The summed E-state index contributed by atoms with van der Waals surface area (Å²) in [7, 11) is 0. The monoisotopic (exact) mass is 296 g/mol. The summed E-state index contributed by atoms with van der Waals surface area (Å²) in [6, 6.07) is 11.0. The molecule has 0 spiro atoms. The summed E-state index contributed by atoms with van der Waals surface area (Å²) < 4.78 is 1.40. The van der Waals surface area contributed by atoms with E-state index in [9.17, 15) is 0 Å². The lowest BCUT2D eigenvalue weighted by Crippen LogP contribution is -2.06. The number of rotatable bonds is 4. The predicted octanol–water partition coefficient (Wildman–Crippen LogP) is 5.57. The van der Waals surface area contributed by atoms with Crippen molar-refractivity contribution in [3.8, 4) is 0 Å². The average molecular weight is 297 g/mol. The smallest absolute Gasteiger partial charge is 0.0345 e. The molecule has 2 atom stereocenters. The van der Waals surface area contributed by atoms with Gasteiger partial charge in [0.1, 0.15) is 0 Å². The molecule has 0 aliphatic heterocycles. The van der Waals surface area contributed by atoms with E-state index < -0.39 is 0 Å². The van der Waals surface area contributed by atoms with E-state index in [0.29, 0.717) is 10.7 Å². The Morgan fingerprint density at radius 1 is 1.31 bits per heavy atom. The first-order valence-corrected chi connectivity index (χ1v) is 7.58. The van der Waals surface area contributed by atoms with Crippen LogP contribution in [0.25, 0.3) is 10.1 Å². The molecule has 0 nitrogen and oxygen atoms in total. The number of benzene rings is 1. The van der Waals surface area contributed by atoms with E-state index in [1.54, 1.807) is 0 Å². The van der Waals surface area contributed by atoms with Gasteiger partial charge in [-0.05, 0) is 23.9 Å². The van der Waals surface area contributed by atoms with Crippen LogP contribution in [0.3, 0.4) is 0 Å². The second-order valence-corrected chi connectivity index (χ2v) is 6.57. The zero-order chi connectivity index (χ0) is 11.5. The molecule has 0 N–H and O–H groups in total. The van der Waals surface area contributed by atoms with Gasteiger partial charge in [-0.15, -0.1) is 11.3 Å². The van der Waals surface area contributed by atoms with Gasteiger partial charge < -0.3 is 0 Å². The molecule has 1 aromatic carbocycles. The van der Waals surface area contributed by atoms with Crippen molar-refractivity contribution in [1.29, 1.82) is 0 Å². The number of hydrogen-bond acceptors (Lipinski definition) is 1. The maximum Gasteiger partial charge on any atom is 0.0345 e. The first-order chi connectivity index (χ1) is 7.72. The summed E-state index contributed by atoms with van der Waals surface area (Å²) in [6.45, 7) is 4.56. The van der Waals surface area contributed by atoms with Gasteiger partial charge in [-0.1, -0.05) is 54.4 Å². The highest BCUT2D eigenvalue weighted by Crippen LogP contribution is 2.35. The molecular formula is C14H17BrS. The van der Waals surface area contributed by atoms with E-state index >= 15 is 0 Å². The minimum absolute atomic E-state index is 0.602. The van der Waals surface area contributed by atoms with Gasteiger partial charge in [-0.2, -0.15) is 0 Å². The van der Waals surface area contributed by atoms with E-state index in [-0.39, 0.29) is 0 Å². The van der Waals surface area contributed by atoms with Crippen LogP contribution in [-0.4, -0.2) is 4.83 Å². The third-order valence-corrected chi connectivity index (χ3v) is 5.57. The number of alkyl halides is 1. The lowest BCUT2D eigenvalue weighted by atomic mass is 10.0. The Bertz CT molecular complexity index is 427.